The quantitative estimate of drug-likeness (QED) is 0.159. The van der Waals surface area contributed by atoms with Gasteiger partial charge in [0.1, 0.15) is 30.3 Å². The molecular formula is C42H55NO11. The zero-order valence-corrected chi connectivity index (χ0v) is 32.0. The van der Waals surface area contributed by atoms with Crippen LogP contribution in [0.25, 0.3) is 0 Å². The number of hydrogen-bond donors (Lipinski definition) is 5. The molecule has 12 heteroatoms. The van der Waals surface area contributed by atoms with Gasteiger partial charge in [-0.15, -0.1) is 0 Å². The zero-order chi connectivity index (χ0) is 38.9. The van der Waals surface area contributed by atoms with Crippen LogP contribution in [0, 0.1) is 47.3 Å². The molecule has 0 aromatic heterocycles. The topological polar surface area (TPSA) is 189 Å². The normalized spacial score (nSPS) is 36.2. The van der Waals surface area contributed by atoms with Crippen molar-refractivity contribution in [3.05, 3.63) is 45.6 Å². The van der Waals surface area contributed by atoms with Crippen molar-refractivity contribution in [1.29, 1.82) is 0 Å². The van der Waals surface area contributed by atoms with Crippen molar-refractivity contribution in [2.24, 2.45) is 40.4 Å². The summed E-state index contributed by atoms with van der Waals surface area (Å²) in [6.45, 7) is 8.19. The Kier molecular flexibility index (Phi) is 9.94. The molecule has 0 saturated heterocycles. The number of cyclic esters (lactones) is 2. The van der Waals surface area contributed by atoms with Crippen LogP contribution in [0.4, 0.5) is 0 Å². The lowest BCUT2D eigenvalue weighted by atomic mass is 9.42. The number of carboxylic acid groups (broad SMARTS) is 1. The second kappa shape index (κ2) is 14.0. The summed E-state index contributed by atoms with van der Waals surface area (Å²) in [5, 5.41) is 48.5. The molecule has 1 amide bonds. The van der Waals surface area contributed by atoms with Crippen molar-refractivity contribution in [1.82, 2.24) is 5.32 Å². The van der Waals surface area contributed by atoms with E-state index in [-0.39, 0.29) is 90.8 Å². The summed E-state index contributed by atoms with van der Waals surface area (Å²) >= 11 is 0. The first-order chi connectivity index (χ1) is 25.5. The maximum atomic E-state index is 13.4. The summed E-state index contributed by atoms with van der Waals surface area (Å²) in [6.07, 6.45) is 8.73. The highest BCUT2D eigenvalue weighted by atomic mass is 16.5. The third kappa shape index (κ3) is 6.02. The highest BCUT2D eigenvalue weighted by molar-refractivity contribution is 5.98. The summed E-state index contributed by atoms with van der Waals surface area (Å²) in [4.78, 5) is 49.9. The summed E-state index contributed by atoms with van der Waals surface area (Å²) in [6, 6.07) is -0.0899. The maximum Gasteiger partial charge on any atom is 0.342 e. The summed E-state index contributed by atoms with van der Waals surface area (Å²) < 4.78 is 15.9. The van der Waals surface area contributed by atoms with Crippen molar-refractivity contribution >= 4 is 23.8 Å². The Bertz CT molecular complexity index is 1820. The number of esters is 2. The number of fused-ring (bicyclic) bond motifs is 6. The molecule has 2 heterocycles. The SMILES string of the molecule is COc1c(C)c2c(c(O)c1C/C=C(\C)CC(CC(=O)N[C@H]1CCC3(C)C(CCC4C3CC(O)[C@]3(C)C(C5=CC(=O)OC5)CCC43O)C1)C(=O)O)C(=O)OC2. The lowest BCUT2D eigenvalue weighted by Gasteiger charge is -2.65. The first-order valence-electron chi connectivity index (χ1n) is 19.6. The number of methoxy groups -OCH3 is 1. The fourth-order valence-corrected chi connectivity index (χ4v) is 12.1. The van der Waals surface area contributed by atoms with Crippen LogP contribution in [0.3, 0.4) is 0 Å². The summed E-state index contributed by atoms with van der Waals surface area (Å²) in [7, 11) is 1.49. The number of carbonyl (C=O) groups is 4. The minimum absolute atomic E-state index is 0.0304. The van der Waals surface area contributed by atoms with Crippen LogP contribution in [-0.4, -0.2) is 75.7 Å². The molecule has 0 radical (unpaired) electrons. The van der Waals surface area contributed by atoms with Gasteiger partial charge in [0.05, 0.1) is 24.7 Å². The van der Waals surface area contributed by atoms with Crippen molar-refractivity contribution in [3.63, 3.8) is 0 Å². The van der Waals surface area contributed by atoms with Crippen LogP contribution in [-0.2, 0) is 36.9 Å². The van der Waals surface area contributed by atoms with Gasteiger partial charge in [-0.05, 0) is 118 Å². The molecule has 5 N–H and O–H groups in total. The van der Waals surface area contributed by atoms with E-state index in [1.54, 1.807) is 26.0 Å². The molecule has 10 atom stereocenters. The van der Waals surface area contributed by atoms with Gasteiger partial charge in [0, 0.05) is 35.1 Å². The van der Waals surface area contributed by atoms with E-state index in [9.17, 15) is 39.6 Å². The van der Waals surface area contributed by atoms with E-state index in [4.69, 9.17) is 14.2 Å². The van der Waals surface area contributed by atoms with Crippen LogP contribution in [0.15, 0.2) is 23.3 Å². The summed E-state index contributed by atoms with van der Waals surface area (Å²) in [5.41, 5.74) is 1.53. The van der Waals surface area contributed by atoms with Gasteiger partial charge >= 0.3 is 17.9 Å². The predicted molar refractivity (Wildman–Crippen MR) is 195 cm³/mol. The number of aromatic hydroxyl groups is 1. The average Bonchev–Trinajstić information content (AvgIpc) is 3.81. The van der Waals surface area contributed by atoms with Crippen molar-refractivity contribution in [2.45, 2.75) is 123 Å². The number of amides is 1. The molecule has 6 aliphatic rings. The standard InChI is InChI=1S/C42H55NO11/c1-21(6-8-27-36(47)35-28(20-54-39(35)50)22(2)37(27)52-5)14-23(38(48)49)15-33(45)43-26-10-12-40(3)25(17-26)7-9-30-31(40)18-32(44)41(4)29(11-13-42(30,41)51)24-16-34(46)53-19-24/h6,16,23,25-26,29-32,44,47,51H,7-15,17-20H2,1-5H3,(H,43,45)(H,48,49)/b21-6+/t23?,25?,26-,29?,30?,31?,32?,40?,41-,42?/m0/s1. The molecular weight excluding hydrogens is 694 g/mol. The Balaban J connectivity index is 0.976. The molecule has 7 rings (SSSR count). The van der Waals surface area contributed by atoms with Gasteiger partial charge < -0.3 is 40.0 Å². The highest BCUT2D eigenvalue weighted by Gasteiger charge is 2.70. The second-order valence-corrected chi connectivity index (χ2v) is 17.5. The van der Waals surface area contributed by atoms with E-state index in [2.05, 4.69) is 12.2 Å². The molecule has 54 heavy (non-hydrogen) atoms. The Hall–Kier alpha value is -3.90. The fraction of sp³-hybridized carbons (Fsp3) is 0.667. The molecule has 4 aliphatic carbocycles. The number of allylic oxidation sites excluding steroid dienone is 2. The van der Waals surface area contributed by atoms with Gasteiger partial charge in [0.15, 0.2) is 0 Å². The number of benzene rings is 1. The maximum absolute atomic E-state index is 13.4. The van der Waals surface area contributed by atoms with E-state index in [0.29, 0.717) is 41.7 Å². The first-order valence-corrected chi connectivity index (χ1v) is 19.6. The van der Waals surface area contributed by atoms with Gasteiger partial charge in [-0.2, -0.15) is 0 Å². The van der Waals surface area contributed by atoms with Gasteiger partial charge in [-0.25, -0.2) is 9.59 Å². The molecule has 0 bridgehead atoms. The number of aliphatic carboxylic acids is 1. The molecule has 4 fully saturated rings. The number of aliphatic hydroxyl groups excluding tert-OH is 1. The molecule has 8 unspecified atom stereocenters. The van der Waals surface area contributed by atoms with Crippen LogP contribution >= 0.6 is 0 Å². The lowest BCUT2D eigenvalue weighted by Crippen LogP contribution is -2.67. The summed E-state index contributed by atoms with van der Waals surface area (Å²) in [5.74, 6) is -2.67. The third-order valence-electron chi connectivity index (χ3n) is 15.1. The molecule has 1 aromatic rings. The van der Waals surface area contributed by atoms with E-state index in [0.717, 1.165) is 43.3 Å². The zero-order valence-electron chi connectivity index (χ0n) is 32.0. The molecule has 294 valence electrons. The van der Waals surface area contributed by atoms with Crippen LogP contribution in [0.1, 0.15) is 112 Å². The number of aliphatic hydroxyl groups is 2. The van der Waals surface area contributed by atoms with E-state index in [1.165, 1.54) is 7.11 Å². The van der Waals surface area contributed by atoms with Gasteiger partial charge in [-0.3, -0.25) is 9.59 Å². The minimum Gasteiger partial charge on any atom is -0.507 e. The molecule has 1 aromatic carbocycles. The predicted octanol–water partition coefficient (Wildman–Crippen LogP) is 5.06. The highest BCUT2D eigenvalue weighted by Crippen LogP contribution is 2.70. The Morgan fingerprint density at radius 2 is 1.81 bits per heavy atom. The van der Waals surface area contributed by atoms with Gasteiger partial charge in [0.2, 0.25) is 5.91 Å². The molecule has 4 saturated carbocycles. The van der Waals surface area contributed by atoms with E-state index in [1.807, 2.05) is 6.92 Å². The molecule has 2 aliphatic heterocycles. The number of phenolic OH excluding ortho intramolecular Hbond substituents is 1. The monoisotopic (exact) mass is 749 g/mol. The number of ether oxygens (including phenoxy) is 3. The Morgan fingerprint density at radius 1 is 1.06 bits per heavy atom. The first kappa shape index (κ1) is 38.4. The average molecular weight is 750 g/mol. The number of phenols is 1. The third-order valence-corrected chi connectivity index (χ3v) is 15.1. The smallest absolute Gasteiger partial charge is 0.342 e. The Morgan fingerprint density at radius 3 is 2.50 bits per heavy atom. The Labute approximate surface area is 316 Å². The largest absolute Gasteiger partial charge is 0.507 e. The van der Waals surface area contributed by atoms with E-state index < -0.39 is 35.0 Å². The minimum atomic E-state index is -1.07. The van der Waals surface area contributed by atoms with Crippen LogP contribution in [0.5, 0.6) is 11.5 Å². The number of rotatable bonds is 10. The van der Waals surface area contributed by atoms with Crippen molar-refractivity contribution in [3.8, 4) is 11.5 Å². The van der Waals surface area contributed by atoms with Gasteiger partial charge in [0.25, 0.3) is 0 Å². The lowest BCUT2D eigenvalue weighted by molar-refractivity contribution is -0.243. The van der Waals surface area contributed by atoms with Crippen LogP contribution in [0.2, 0.25) is 0 Å². The van der Waals surface area contributed by atoms with Crippen molar-refractivity contribution in [2.75, 3.05) is 13.7 Å². The molecule has 0 spiro atoms. The van der Waals surface area contributed by atoms with Crippen molar-refractivity contribution < 1.29 is 53.8 Å². The van der Waals surface area contributed by atoms with E-state index >= 15 is 0 Å². The number of nitrogens with one attached hydrogen (secondary N) is 1. The van der Waals surface area contributed by atoms with Gasteiger partial charge in [-0.1, -0.05) is 25.5 Å². The number of carbonyl (C=O) groups excluding carboxylic acids is 3. The van der Waals surface area contributed by atoms with Crippen LogP contribution < -0.4 is 10.1 Å². The number of carboxylic acids is 1. The fourth-order valence-electron chi connectivity index (χ4n) is 12.1. The molecule has 12 nitrogen and oxygen atoms in total. The number of hydrogen-bond acceptors (Lipinski definition) is 10. The second-order valence-electron chi connectivity index (χ2n) is 17.5.